The van der Waals surface area contributed by atoms with E-state index in [-0.39, 0.29) is 24.6 Å². The minimum atomic E-state index is -0.335. The van der Waals surface area contributed by atoms with Crippen LogP contribution in [0.3, 0.4) is 0 Å². The first kappa shape index (κ1) is 13.8. The average molecular weight is 254 g/mol. The van der Waals surface area contributed by atoms with Crippen molar-refractivity contribution < 1.29 is 9.90 Å². The van der Waals surface area contributed by atoms with Gasteiger partial charge in [0, 0.05) is 18.6 Å². The van der Waals surface area contributed by atoms with E-state index in [0.717, 1.165) is 13.0 Å². The summed E-state index contributed by atoms with van der Waals surface area (Å²) in [6, 6.07) is 0.376. The zero-order chi connectivity index (χ0) is 13.0. The van der Waals surface area contributed by atoms with Crippen molar-refractivity contribution in [2.24, 2.45) is 0 Å². The number of nitrogens with zero attached hydrogens (tertiary/aromatic N) is 1. The predicted molar refractivity (Wildman–Crippen MR) is 71.3 cm³/mol. The second-order valence-corrected chi connectivity index (χ2v) is 5.78. The van der Waals surface area contributed by atoms with Gasteiger partial charge in [0.05, 0.1) is 6.61 Å². The fourth-order valence-electron chi connectivity index (χ4n) is 3.27. The lowest BCUT2D eigenvalue weighted by atomic mass is 10.0. The molecule has 1 aliphatic carbocycles. The predicted octanol–water partition coefficient (Wildman–Crippen LogP) is 1.28. The molecule has 0 aromatic rings. The van der Waals surface area contributed by atoms with Crippen LogP contribution in [-0.2, 0) is 4.79 Å². The van der Waals surface area contributed by atoms with Crippen LogP contribution in [0, 0.1) is 0 Å². The van der Waals surface area contributed by atoms with Gasteiger partial charge in [-0.05, 0) is 26.2 Å². The summed E-state index contributed by atoms with van der Waals surface area (Å²) in [6.07, 6.45) is 8.50. The van der Waals surface area contributed by atoms with Gasteiger partial charge in [-0.3, -0.25) is 9.69 Å². The number of hydrogen-bond acceptors (Lipinski definition) is 3. The van der Waals surface area contributed by atoms with Crippen molar-refractivity contribution in [1.29, 1.82) is 0 Å². The van der Waals surface area contributed by atoms with Crippen molar-refractivity contribution in [1.82, 2.24) is 10.2 Å². The quantitative estimate of drug-likeness (QED) is 0.730. The molecule has 1 heterocycles. The molecule has 2 rings (SSSR count). The number of aliphatic hydroxyl groups excluding tert-OH is 1. The second kappa shape index (κ2) is 6.53. The summed E-state index contributed by atoms with van der Waals surface area (Å²) in [5, 5.41) is 12.5. The maximum absolute atomic E-state index is 12.1. The topological polar surface area (TPSA) is 52.6 Å². The number of nitrogens with one attached hydrogen (secondary N) is 1. The van der Waals surface area contributed by atoms with Crippen LogP contribution in [0.15, 0.2) is 0 Å². The van der Waals surface area contributed by atoms with E-state index in [2.05, 4.69) is 10.2 Å². The molecule has 0 bridgehead atoms. The van der Waals surface area contributed by atoms with Gasteiger partial charge < -0.3 is 10.4 Å². The molecule has 104 valence electrons. The summed E-state index contributed by atoms with van der Waals surface area (Å²) >= 11 is 0. The fourth-order valence-corrected chi connectivity index (χ4v) is 3.27. The second-order valence-electron chi connectivity index (χ2n) is 5.78. The van der Waals surface area contributed by atoms with Crippen LogP contribution in [0.4, 0.5) is 0 Å². The molecule has 2 unspecified atom stereocenters. The Labute approximate surface area is 110 Å². The summed E-state index contributed by atoms with van der Waals surface area (Å²) in [4.78, 5) is 14.3. The molecule has 1 saturated heterocycles. The van der Waals surface area contributed by atoms with Gasteiger partial charge in [0.15, 0.2) is 0 Å². The van der Waals surface area contributed by atoms with Gasteiger partial charge in [-0.25, -0.2) is 0 Å². The van der Waals surface area contributed by atoms with Crippen LogP contribution < -0.4 is 5.32 Å². The number of carbonyl (C=O) groups excluding carboxylic acids is 1. The molecule has 2 fully saturated rings. The Hall–Kier alpha value is -0.610. The first-order valence-corrected chi connectivity index (χ1v) is 7.39. The molecule has 0 aromatic heterocycles. The van der Waals surface area contributed by atoms with E-state index in [9.17, 15) is 9.90 Å². The molecule has 0 radical (unpaired) electrons. The Morgan fingerprint density at radius 1 is 1.22 bits per heavy atom. The van der Waals surface area contributed by atoms with E-state index in [1.165, 1.54) is 38.5 Å². The highest BCUT2D eigenvalue weighted by Crippen LogP contribution is 2.25. The van der Waals surface area contributed by atoms with E-state index in [1.807, 2.05) is 6.92 Å². The lowest BCUT2D eigenvalue weighted by Gasteiger charge is -2.34. The van der Waals surface area contributed by atoms with Crippen LogP contribution in [0.25, 0.3) is 0 Å². The van der Waals surface area contributed by atoms with Crippen molar-refractivity contribution in [2.75, 3.05) is 13.2 Å². The van der Waals surface area contributed by atoms with Crippen LogP contribution in [0.1, 0.15) is 51.9 Å². The zero-order valence-electron chi connectivity index (χ0n) is 11.4. The number of carbonyl (C=O) groups is 1. The Morgan fingerprint density at radius 2 is 1.89 bits per heavy atom. The molecule has 2 aliphatic rings. The van der Waals surface area contributed by atoms with Gasteiger partial charge >= 0.3 is 0 Å². The maximum Gasteiger partial charge on any atom is 0.239 e. The van der Waals surface area contributed by atoms with E-state index in [0.29, 0.717) is 6.04 Å². The Bertz CT molecular complexity index is 275. The summed E-state index contributed by atoms with van der Waals surface area (Å²) in [6.45, 7) is 2.91. The van der Waals surface area contributed by atoms with Crippen molar-refractivity contribution in [2.45, 2.75) is 70.0 Å². The normalized spacial score (nSPS) is 32.7. The molecule has 18 heavy (non-hydrogen) atoms. The minimum Gasteiger partial charge on any atom is -0.394 e. The highest BCUT2D eigenvalue weighted by molar-refractivity contribution is 5.82. The third kappa shape index (κ3) is 3.23. The van der Waals surface area contributed by atoms with Gasteiger partial charge in [0.2, 0.25) is 5.91 Å². The van der Waals surface area contributed by atoms with Gasteiger partial charge in [0.1, 0.15) is 6.04 Å². The Morgan fingerprint density at radius 3 is 2.50 bits per heavy atom. The molecule has 1 aliphatic heterocycles. The standard InChI is InChI=1S/C14H26N2O2/c1-11-8-9-16(13(10-17)14(18)15-11)12-6-4-2-3-5-7-12/h11-13,17H,2-10H2,1H3,(H,15,18). The third-order valence-corrected chi connectivity index (χ3v) is 4.38. The van der Waals surface area contributed by atoms with Gasteiger partial charge in [-0.15, -0.1) is 0 Å². The highest BCUT2D eigenvalue weighted by Gasteiger charge is 2.34. The number of hydrogen-bond donors (Lipinski definition) is 2. The van der Waals surface area contributed by atoms with Crippen molar-refractivity contribution >= 4 is 5.91 Å². The van der Waals surface area contributed by atoms with E-state index < -0.39 is 0 Å². The first-order chi connectivity index (χ1) is 8.72. The summed E-state index contributed by atoms with van der Waals surface area (Å²) < 4.78 is 0. The molecular weight excluding hydrogens is 228 g/mol. The summed E-state index contributed by atoms with van der Waals surface area (Å²) in [7, 11) is 0. The molecule has 0 aromatic carbocycles. The highest BCUT2D eigenvalue weighted by atomic mass is 16.3. The first-order valence-electron chi connectivity index (χ1n) is 7.39. The Kier molecular flexibility index (Phi) is 5.01. The van der Waals surface area contributed by atoms with E-state index in [4.69, 9.17) is 0 Å². The Balaban J connectivity index is 2.08. The third-order valence-electron chi connectivity index (χ3n) is 4.38. The van der Waals surface area contributed by atoms with Crippen LogP contribution in [-0.4, -0.2) is 47.2 Å². The maximum atomic E-state index is 12.1. The molecule has 2 N–H and O–H groups in total. The van der Waals surface area contributed by atoms with Gasteiger partial charge in [-0.2, -0.15) is 0 Å². The van der Waals surface area contributed by atoms with E-state index >= 15 is 0 Å². The van der Waals surface area contributed by atoms with Crippen LogP contribution in [0.5, 0.6) is 0 Å². The van der Waals surface area contributed by atoms with Gasteiger partial charge in [-0.1, -0.05) is 25.7 Å². The molecule has 2 atom stereocenters. The lowest BCUT2D eigenvalue weighted by Crippen LogP contribution is -2.51. The summed E-state index contributed by atoms with van der Waals surface area (Å²) in [5.74, 6) is 0.00625. The molecular formula is C14H26N2O2. The molecule has 1 amide bonds. The SMILES string of the molecule is CC1CCN(C2CCCCCC2)C(CO)C(=O)N1. The smallest absolute Gasteiger partial charge is 0.239 e. The van der Waals surface area contributed by atoms with E-state index in [1.54, 1.807) is 0 Å². The zero-order valence-corrected chi connectivity index (χ0v) is 11.4. The minimum absolute atomic E-state index is 0.00625. The van der Waals surface area contributed by atoms with Crippen molar-refractivity contribution in [3.63, 3.8) is 0 Å². The monoisotopic (exact) mass is 254 g/mol. The number of amides is 1. The fraction of sp³-hybridized carbons (Fsp3) is 0.929. The average Bonchev–Trinajstić information content (AvgIpc) is 2.68. The largest absolute Gasteiger partial charge is 0.394 e. The van der Waals surface area contributed by atoms with Crippen molar-refractivity contribution in [3.05, 3.63) is 0 Å². The van der Waals surface area contributed by atoms with Gasteiger partial charge in [0.25, 0.3) is 0 Å². The number of rotatable bonds is 2. The summed E-state index contributed by atoms with van der Waals surface area (Å²) in [5.41, 5.74) is 0. The molecule has 0 spiro atoms. The molecule has 4 nitrogen and oxygen atoms in total. The number of aliphatic hydroxyl groups is 1. The molecule has 4 heteroatoms. The molecule has 1 saturated carbocycles. The van der Waals surface area contributed by atoms with Crippen LogP contribution in [0.2, 0.25) is 0 Å². The van der Waals surface area contributed by atoms with Crippen molar-refractivity contribution in [3.8, 4) is 0 Å². The van der Waals surface area contributed by atoms with Crippen LogP contribution >= 0.6 is 0 Å². The lowest BCUT2D eigenvalue weighted by molar-refractivity contribution is -0.128.